The summed E-state index contributed by atoms with van der Waals surface area (Å²) in [7, 11) is 1.75. The maximum Gasteiger partial charge on any atom is 0.262 e. The first kappa shape index (κ1) is 29.3. The van der Waals surface area contributed by atoms with E-state index in [9.17, 15) is 14.4 Å². The number of piperidine rings is 2. The summed E-state index contributed by atoms with van der Waals surface area (Å²) in [5.74, 6) is 0.596. The number of nitrogens with zero attached hydrogens (tertiary/aromatic N) is 4. The number of benzene rings is 3. The summed E-state index contributed by atoms with van der Waals surface area (Å²) < 4.78 is 1.60. The number of aryl methyl sites for hydroxylation is 1. The second kappa shape index (κ2) is 12.9. The van der Waals surface area contributed by atoms with Crippen molar-refractivity contribution >= 4 is 34.4 Å². The summed E-state index contributed by atoms with van der Waals surface area (Å²) in [6.45, 7) is 5.90. The third-order valence-electron chi connectivity index (χ3n) is 8.91. The first-order chi connectivity index (χ1) is 20.9. The predicted molar refractivity (Wildman–Crippen MR) is 172 cm³/mol. The van der Waals surface area contributed by atoms with Gasteiger partial charge in [0.05, 0.1) is 10.9 Å². The van der Waals surface area contributed by atoms with E-state index in [0.717, 1.165) is 37.1 Å². The van der Waals surface area contributed by atoms with E-state index in [2.05, 4.69) is 4.90 Å². The Morgan fingerprint density at radius 3 is 2.14 bits per heavy atom. The molecule has 0 N–H and O–H groups in total. The molecule has 1 amide bonds. The lowest BCUT2D eigenvalue weighted by atomic mass is 9.98. The Labute approximate surface area is 256 Å². The van der Waals surface area contributed by atoms with Crippen molar-refractivity contribution in [2.45, 2.75) is 56.0 Å². The Balaban J connectivity index is 1.05. The van der Waals surface area contributed by atoms with Crippen molar-refractivity contribution in [2.24, 2.45) is 7.05 Å². The topological polar surface area (TPSA) is 75.5 Å². The first-order valence-electron chi connectivity index (χ1n) is 15.3. The highest BCUT2D eigenvalue weighted by Gasteiger charge is 2.28. The molecule has 2 fully saturated rings. The number of hydrogen-bond donors (Lipinski definition) is 0. The molecule has 0 bridgehead atoms. The number of aromatic nitrogens is 2. The average molecular weight is 595 g/mol. The van der Waals surface area contributed by atoms with Gasteiger partial charge in [0.2, 0.25) is 0 Å². The van der Waals surface area contributed by atoms with Crippen LogP contribution in [0, 0.1) is 6.92 Å². The molecule has 3 heterocycles. The maximum absolute atomic E-state index is 13.2. The molecule has 1 aromatic heterocycles. The van der Waals surface area contributed by atoms with Crippen molar-refractivity contribution in [3.05, 3.63) is 105 Å². The van der Waals surface area contributed by atoms with Gasteiger partial charge in [-0.3, -0.25) is 19.0 Å². The van der Waals surface area contributed by atoms with Crippen LogP contribution in [0.15, 0.2) is 76.7 Å². The molecule has 0 saturated carbocycles. The zero-order valence-corrected chi connectivity index (χ0v) is 25.7. The summed E-state index contributed by atoms with van der Waals surface area (Å²) in [4.78, 5) is 48.5. The maximum atomic E-state index is 13.2. The third-order valence-corrected chi connectivity index (χ3v) is 10.0. The molecule has 7 nitrogen and oxygen atoms in total. The lowest BCUT2D eigenvalue weighted by Crippen LogP contribution is -2.48. The van der Waals surface area contributed by atoms with Crippen LogP contribution < -0.4 is 5.56 Å². The van der Waals surface area contributed by atoms with Gasteiger partial charge in [0.25, 0.3) is 11.5 Å². The minimum absolute atomic E-state index is 0.0447. The Morgan fingerprint density at radius 1 is 0.837 bits per heavy atom. The molecule has 0 atom stereocenters. The third kappa shape index (κ3) is 6.31. The van der Waals surface area contributed by atoms with E-state index >= 15 is 0 Å². The molecule has 222 valence electrons. The van der Waals surface area contributed by atoms with Gasteiger partial charge < -0.3 is 9.80 Å². The monoisotopic (exact) mass is 594 g/mol. The van der Waals surface area contributed by atoms with E-state index in [4.69, 9.17) is 4.98 Å². The highest BCUT2D eigenvalue weighted by atomic mass is 32.2. The molecular formula is C35H38N4O3S. The molecule has 0 unspecified atom stereocenters. The van der Waals surface area contributed by atoms with Crippen molar-refractivity contribution in [1.82, 2.24) is 19.4 Å². The van der Waals surface area contributed by atoms with Crippen LogP contribution in [-0.2, 0) is 12.8 Å². The lowest BCUT2D eigenvalue weighted by Gasteiger charge is -2.40. The molecule has 0 radical (unpaired) electrons. The summed E-state index contributed by atoms with van der Waals surface area (Å²) in [6, 6.07) is 20.9. The Kier molecular flexibility index (Phi) is 8.77. The second-order valence-electron chi connectivity index (χ2n) is 11.7. The van der Waals surface area contributed by atoms with E-state index < -0.39 is 0 Å². The molecule has 2 saturated heterocycles. The zero-order valence-electron chi connectivity index (χ0n) is 24.9. The molecule has 3 aromatic carbocycles. The van der Waals surface area contributed by atoms with Gasteiger partial charge in [-0.1, -0.05) is 66.7 Å². The number of ketones is 1. The molecule has 4 aromatic rings. The van der Waals surface area contributed by atoms with Crippen LogP contribution in [0.25, 0.3) is 10.9 Å². The summed E-state index contributed by atoms with van der Waals surface area (Å²) in [5, 5.41) is 1.31. The van der Waals surface area contributed by atoms with Gasteiger partial charge >= 0.3 is 0 Å². The highest BCUT2D eigenvalue weighted by Crippen LogP contribution is 2.24. The number of fused-ring (bicyclic) bond motifs is 1. The fourth-order valence-electron chi connectivity index (χ4n) is 6.32. The molecule has 2 aliphatic heterocycles. The van der Waals surface area contributed by atoms with Crippen molar-refractivity contribution in [3.8, 4) is 0 Å². The van der Waals surface area contributed by atoms with Crippen molar-refractivity contribution in [3.63, 3.8) is 0 Å². The minimum atomic E-state index is -0.0745. The van der Waals surface area contributed by atoms with Crippen LogP contribution in [0.5, 0.6) is 0 Å². The number of amides is 1. The van der Waals surface area contributed by atoms with E-state index in [1.165, 1.54) is 44.1 Å². The van der Waals surface area contributed by atoms with Gasteiger partial charge in [0, 0.05) is 48.6 Å². The van der Waals surface area contributed by atoms with Gasteiger partial charge in [0.15, 0.2) is 10.9 Å². The average Bonchev–Trinajstić information content (AvgIpc) is 3.06. The summed E-state index contributed by atoms with van der Waals surface area (Å²) >= 11 is 1.50. The largest absolute Gasteiger partial charge is 0.339 e. The summed E-state index contributed by atoms with van der Waals surface area (Å²) in [6.07, 6.45) is 5.99. The number of hydrogen-bond acceptors (Lipinski definition) is 6. The standard InChI is InChI=1S/C35H38N4O3S/c1-24-7-6-8-30-31(24)34(42)37(2)35(36-30)43-23-25-9-11-26(12-10-25)32(40)27-13-15-28(16-14-27)33(41)39-21-17-29(18-22-39)38-19-4-3-5-20-38/h6-16,29H,3-5,17-23H2,1-2H3. The van der Waals surface area contributed by atoms with E-state index in [-0.39, 0.29) is 17.2 Å². The molecule has 8 heteroatoms. The van der Waals surface area contributed by atoms with Crippen molar-refractivity contribution in [2.75, 3.05) is 26.2 Å². The summed E-state index contributed by atoms with van der Waals surface area (Å²) in [5.41, 5.74) is 4.41. The highest BCUT2D eigenvalue weighted by molar-refractivity contribution is 7.98. The number of carbonyl (C=O) groups is 2. The quantitative estimate of drug-likeness (QED) is 0.152. The Hall–Kier alpha value is -3.75. The van der Waals surface area contributed by atoms with E-state index in [0.29, 0.717) is 44.5 Å². The number of likely N-dealkylation sites (tertiary alicyclic amines) is 2. The van der Waals surface area contributed by atoms with Crippen LogP contribution in [0.4, 0.5) is 0 Å². The smallest absolute Gasteiger partial charge is 0.262 e. The number of thioether (sulfide) groups is 1. The SMILES string of the molecule is Cc1cccc2nc(SCc3ccc(C(=O)c4ccc(C(=O)N5CCC(N6CCCCC6)CC5)cc4)cc3)n(C)c(=O)c12. The van der Waals surface area contributed by atoms with Crippen LogP contribution >= 0.6 is 11.8 Å². The zero-order chi connectivity index (χ0) is 29.9. The molecule has 43 heavy (non-hydrogen) atoms. The molecule has 0 aliphatic carbocycles. The van der Waals surface area contributed by atoms with Crippen LogP contribution in [0.3, 0.4) is 0 Å². The lowest BCUT2D eigenvalue weighted by molar-refractivity contribution is 0.0589. The first-order valence-corrected chi connectivity index (χ1v) is 16.2. The molecule has 6 rings (SSSR count). The van der Waals surface area contributed by atoms with Crippen LogP contribution in [-0.4, -0.2) is 63.3 Å². The van der Waals surface area contributed by atoms with Gasteiger partial charge in [0.1, 0.15) is 0 Å². The number of carbonyl (C=O) groups excluding carboxylic acids is 2. The van der Waals surface area contributed by atoms with Gasteiger partial charge in [-0.2, -0.15) is 0 Å². The fourth-order valence-corrected chi connectivity index (χ4v) is 7.24. The normalized spacial score (nSPS) is 16.5. The van der Waals surface area contributed by atoms with Crippen molar-refractivity contribution < 1.29 is 9.59 Å². The Bertz CT molecular complexity index is 1680. The fraction of sp³-hybridized carbons (Fsp3) is 0.371. The van der Waals surface area contributed by atoms with Gasteiger partial charge in [-0.15, -0.1) is 0 Å². The van der Waals surface area contributed by atoms with Gasteiger partial charge in [-0.05, 0) is 75.0 Å². The van der Waals surface area contributed by atoms with E-state index in [1.807, 2.05) is 54.3 Å². The van der Waals surface area contributed by atoms with Crippen LogP contribution in [0.2, 0.25) is 0 Å². The van der Waals surface area contributed by atoms with E-state index in [1.54, 1.807) is 35.9 Å². The van der Waals surface area contributed by atoms with Crippen molar-refractivity contribution in [1.29, 1.82) is 0 Å². The van der Waals surface area contributed by atoms with Gasteiger partial charge in [-0.25, -0.2) is 4.98 Å². The van der Waals surface area contributed by atoms with Crippen LogP contribution in [0.1, 0.15) is 69.5 Å². The second-order valence-corrected chi connectivity index (χ2v) is 12.7. The molecule has 0 spiro atoms. The molecule has 2 aliphatic rings. The minimum Gasteiger partial charge on any atom is -0.339 e. The molecular weight excluding hydrogens is 556 g/mol. The Morgan fingerprint density at radius 2 is 1.47 bits per heavy atom. The number of rotatable bonds is 7. The predicted octanol–water partition coefficient (Wildman–Crippen LogP) is 5.86.